The molecule has 0 heterocycles. The normalized spacial score (nSPS) is 13.9. The Hall–Kier alpha value is -1.69. The number of oxime groups is 1. The van der Waals surface area contributed by atoms with Crippen LogP contribution in [0.1, 0.15) is 12.5 Å². The van der Waals surface area contributed by atoms with E-state index in [0.29, 0.717) is 18.7 Å². The molecule has 4 nitrogen and oxygen atoms in total. The lowest BCUT2D eigenvalue weighted by atomic mass is 10.1. The van der Waals surface area contributed by atoms with E-state index in [0.717, 1.165) is 6.07 Å². The molecule has 1 rings (SSSR count). The van der Waals surface area contributed by atoms with Crippen LogP contribution >= 0.6 is 0 Å². The van der Waals surface area contributed by atoms with Crippen molar-refractivity contribution in [3.05, 3.63) is 35.4 Å². The van der Waals surface area contributed by atoms with Crippen LogP contribution in [-0.2, 0) is 6.54 Å². The minimum atomic E-state index is -0.595. The molecule has 0 radical (unpaired) electrons. The van der Waals surface area contributed by atoms with Crippen molar-refractivity contribution >= 4 is 5.84 Å². The number of halogens is 2. The molecule has 100 valence electrons. The summed E-state index contributed by atoms with van der Waals surface area (Å²) in [6, 6.07) is 3.41. The molecule has 1 atom stereocenters. The van der Waals surface area contributed by atoms with Gasteiger partial charge in [-0.05, 0) is 24.7 Å². The van der Waals surface area contributed by atoms with Crippen molar-refractivity contribution in [2.45, 2.75) is 13.5 Å². The average molecular weight is 257 g/mol. The molecule has 6 heteroatoms. The van der Waals surface area contributed by atoms with Crippen molar-refractivity contribution in [1.82, 2.24) is 4.90 Å². The largest absolute Gasteiger partial charge is 0.409 e. The van der Waals surface area contributed by atoms with Gasteiger partial charge in [-0.1, -0.05) is 12.1 Å². The highest BCUT2D eigenvalue weighted by Crippen LogP contribution is 2.11. The van der Waals surface area contributed by atoms with Crippen LogP contribution in [0.2, 0.25) is 0 Å². The quantitative estimate of drug-likeness (QED) is 0.366. The Morgan fingerprint density at radius 1 is 1.39 bits per heavy atom. The van der Waals surface area contributed by atoms with Crippen LogP contribution < -0.4 is 5.73 Å². The van der Waals surface area contributed by atoms with Gasteiger partial charge in [0.05, 0.1) is 0 Å². The van der Waals surface area contributed by atoms with E-state index in [1.807, 2.05) is 4.90 Å². The Kier molecular flexibility index (Phi) is 5.03. The molecule has 0 bridgehead atoms. The number of hydrogen-bond acceptors (Lipinski definition) is 3. The predicted molar refractivity (Wildman–Crippen MR) is 65.3 cm³/mol. The third-order valence-corrected chi connectivity index (χ3v) is 2.58. The molecule has 0 amide bonds. The lowest BCUT2D eigenvalue weighted by Crippen LogP contribution is -2.32. The molecule has 0 aliphatic heterocycles. The zero-order valence-corrected chi connectivity index (χ0v) is 10.4. The van der Waals surface area contributed by atoms with Crippen LogP contribution in [0.3, 0.4) is 0 Å². The van der Waals surface area contributed by atoms with Gasteiger partial charge in [0.25, 0.3) is 0 Å². The van der Waals surface area contributed by atoms with Crippen LogP contribution in [0.25, 0.3) is 0 Å². The summed E-state index contributed by atoms with van der Waals surface area (Å²) in [7, 11) is 1.80. The SMILES string of the molecule is CC(CN(C)Cc1cc(F)cc(F)c1)/C(N)=N/O. The zero-order valence-electron chi connectivity index (χ0n) is 10.4. The first-order valence-corrected chi connectivity index (χ1v) is 5.53. The van der Waals surface area contributed by atoms with E-state index in [1.54, 1.807) is 14.0 Å². The number of rotatable bonds is 5. The molecule has 0 aromatic heterocycles. The molecule has 1 aromatic rings. The molecule has 3 N–H and O–H groups in total. The first-order chi connectivity index (χ1) is 8.42. The predicted octanol–water partition coefficient (Wildman–Crippen LogP) is 1.78. The number of amidine groups is 1. The molecular weight excluding hydrogens is 240 g/mol. The molecule has 0 aliphatic rings. The summed E-state index contributed by atoms with van der Waals surface area (Å²) in [5, 5.41) is 11.5. The van der Waals surface area contributed by atoms with Crippen molar-refractivity contribution in [2.75, 3.05) is 13.6 Å². The Morgan fingerprint density at radius 2 is 1.94 bits per heavy atom. The minimum Gasteiger partial charge on any atom is -0.409 e. The number of hydrogen-bond donors (Lipinski definition) is 2. The monoisotopic (exact) mass is 257 g/mol. The fraction of sp³-hybridized carbons (Fsp3) is 0.417. The van der Waals surface area contributed by atoms with Gasteiger partial charge in [0.15, 0.2) is 0 Å². The lowest BCUT2D eigenvalue weighted by Gasteiger charge is -2.20. The van der Waals surface area contributed by atoms with Crippen molar-refractivity contribution in [2.24, 2.45) is 16.8 Å². The van der Waals surface area contributed by atoms with E-state index in [1.165, 1.54) is 12.1 Å². The second-order valence-electron chi connectivity index (χ2n) is 4.40. The van der Waals surface area contributed by atoms with Crippen LogP contribution in [0.15, 0.2) is 23.4 Å². The minimum absolute atomic E-state index is 0.132. The summed E-state index contributed by atoms with van der Waals surface area (Å²) >= 11 is 0. The highest BCUT2D eigenvalue weighted by molar-refractivity contribution is 5.82. The first kappa shape index (κ1) is 14.4. The Balaban J connectivity index is 2.61. The third kappa shape index (κ3) is 4.29. The zero-order chi connectivity index (χ0) is 13.7. The second-order valence-corrected chi connectivity index (χ2v) is 4.40. The molecule has 0 fully saturated rings. The summed E-state index contributed by atoms with van der Waals surface area (Å²) in [5.41, 5.74) is 6.00. The van der Waals surface area contributed by atoms with E-state index in [9.17, 15) is 8.78 Å². The van der Waals surface area contributed by atoms with E-state index in [2.05, 4.69) is 5.16 Å². The summed E-state index contributed by atoms with van der Waals surface area (Å²) in [4.78, 5) is 1.84. The van der Waals surface area contributed by atoms with Gasteiger partial charge >= 0.3 is 0 Å². The van der Waals surface area contributed by atoms with E-state index >= 15 is 0 Å². The standard InChI is InChI=1S/C12H17F2N3O/c1-8(12(15)16-18)6-17(2)7-9-3-10(13)5-11(14)4-9/h3-5,8,18H,6-7H2,1-2H3,(H2,15,16). The number of nitrogens with two attached hydrogens (primary N) is 1. The number of benzene rings is 1. The van der Waals surface area contributed by atoms with Gasteiger partial charge in [0.1, 0.15) is 17.5 Å². The highest BCUT2D eigenvalue weighted by Gasteiger charge is 2.11. The number of nitrogens with zero attached hydrogens (tertiary/aromatic N) is 2. The smallest absolute Gasteiger partial charge is 0.143 e. The van der Waals surface area contributed by atoms with E-state index < -0.39 is 11.6 Å². The molecule has 18 heavy (non-hydrogen) atoms. The fourth-order valence-electron chi connectivity index (χ4n) is 1.74. The topological polar surface area (TPSA) is 61.8 Å². The van der Waals surface area contributed by atoms with Gasteiger partial charge in [-0.3, -0.25) is 0 Å². The molecule has 1 unspecified atom stereocenters. The Bertz CT molecular complexity index is 417. The molecule has 0 saturated carbocycles. The van der Waals surface area contributed by atoms with Gasteiger partial charge in [-0.25, -0.2) is 8.78 Å². The maximum absolute atomic E-state index is 13.0. The van der Waals surface area contributed by atoms with Gasteiger partial charge in [0.2, 0.25) is 0 Å². The maximum Gasteiger partial charge on any atom is 0.143 e. The summed E-state index contributed by atoms with van der Waals surface area (Å²) in [6.45, 7) is 2.71. The van der Waals surface area contributed by atoms with Crippen molar-refractivity contribution in [1.29, 1.82) is 0 Å². The molecule has 0 spiro atoms. The van der Waals surface area contributed by atoms with Crippen molar-refractivity contribution in [3.8, 4) is 0 Å². The molecular formula is C12H17F2N3O. The van der Waals surface area contributed by atoms with Crippen LogP contribution in [-0.4, -0.2) is 29.5 Å². The molecule has 0 saturated heterocycles. The van der Waals surface area contributed by atoms with Crippen molar-refractivity contribution in [3.63, 3.8) is 0 Å². The average Bonchev–Trinajstić information content (AvgIpc) is 2.25. The lowest BCUT2D eigenvalue weighted by molar-refractivity contribution is 0.290. The Labute approximate surface area is 105 Å². The van der Waals surface area contributed by atoms with Crippen LogP contribution in [0.5, 0.6) is 0 Å². The Morgan fingerprint density at radius 3 is 2.44 bits per heavy atom. The first-order valence-electron chi connectivity index (χ1n) is 5.53. The van der Waals surface area contributed by atoms with Gasteiger partial charge < -0.3 is 15.8 Å². The molecule has 0 aliphatic carbocycles. The van der Waals surface area contributed by atoms with E-state index in [-0.39, 0.29) is 11.8 Å². The summed E-state index contributed by atoms with van der Waals surface area (Å²) in [6.07, 6.45) is 0. The third-order valence-electron chi connectivity index (χ3n) is 2.58. The van der Waals surface area contributed by atoms with Crippen molar-refractivity contribution < 1.29 is 14.0 Å². The van der Waals surface area contributed by atoms with Gasteiger partial charge in [-0.2, -0.15) is 0 Å². The maximum atomic E-state index is 13.0. The van der Waals surface area contributed by atoms with Gasteiger partial charge in [-0.15, -0.1) is 0 Å². The fourth-order valence-corrected chi connectivity index (χ4v) is 1.74. The van der Waals surface area contributed by atoms with Crippen LogP contribution in [0, 0.1) is 17.6 Å². The van der Waals surface area contributed by atoms with E-state index in [4.69, 9.17) is 10.9 Å². The summed E-state index contributed by atoms with van der Waals surface area (Å²) in [5.74, 6) is -1.20. The van der Waals surface area contributed by atoms with Crippen LogP contribution in [0.4, 0.5) is 8.78 Å². The molecule has 1 aromatic carbocycles. The van der Waals surface area contributed by atoms with Gasteiger partial charge in [0, 0.05) is 25.1 Å². The summed E-state index contributed by atoms with van der Waals surface area (Å²) < 4.78 is 26.0. The second kappa shape index (κ2) is 6.30. The highest BCUT2D eigenvalue weighted by atomic mass is 19.1.